The Morgan fingerprint density at radius 2 is 2.00 bits per heavy atom. The minimum absolute atomic E-state index is 0.0904. The first-order valence-electron chi connectivity index (χ1n) is 7.39. The first-order valence-corrected chi connectivity index (χ1v) is 9.24. The van der Waals surface area contributed by atoms with Crippen molar-refractivity contribution < 1.29 is 17.7 Å². The van der Waals surface area contributed by atoms with E-state index in [0.717, 1.165) is 6.07 Å². The second-order valence-electron chi connectivity index (χ2n) is 5.58. The van der Waals surface area contributed by atoms with Crippen LogP contribution in [0.25, 0.3) is 0 Å². The molecule has 0 saturated carbocycles. The maximum absolute atomic E-state index is 14.1. The molecule has 2 rings (SSSR count). The van der Waals surface area contributed by atoms with Crippen molar-refractivity contribution in [2.24, 2.45) is 0 Å². The number of halogens is 1. The molecule has 0 aliphatic carbocycles. The van der Waals surface area contributed by atoms with Crippen molar-refractivity contribution in [1.29, 1.82) is 0 Å². The van der Waals surface area contributed by atoms with E-state index in [1.807, 2.05) is 0 Å². The summed E-state index contributed by atoms with van der Waals surface area (Å²) in [5.74, 6) is -0.631. The molecule has 0 spiro atoms. The Kier molecular flexibility index (Phi) is 5.20. The lowest BCUT2D eigenvalue weighted by atomic mass is 10.0. The Morgan fingerprint density at radius 1 is 1.39 bits per heavy atom. The van der Waals surface area contributed by atoms with Crippen LogP contribution in [0.3, 0.4) is 0 Å². The zero-order chi connectivity index (χ0) is 17.2. The van der Waals surface area contributed by atoms with Gasteiger partial charge in [0.15, 0.2) is 5.82 Å². The number of anilines is 1. The fourth-order valence-electron chi connectivity index (χ4n) is 3.02. The summed E-state index contributed by atoms with van der Waals surface area (Å²) in [6.45, 7) is 3.22. The fraction of sp³-hybridized carbons (Fsp3) is 0.571. The van der Waals surface area contributed by atoms with Crippen LogP contribution in [0.4, 0.5) is 15.8 Å². The van der Waals surface area contributed by atoms with Gasteiger partial charge in [0.05, 0.1) is 22.9 Å². The van der Waals surface area contributed by atoms with Gasteiger partial charge in [0, 0.05) is 31.7 Å². The summed E-state index contributed by atoms with van der Waals surface area (Å²) in [5, 5.41) is 10.6. The Morgan fingerprint density at radius 3 is 2.43 bits per heavy atom. The zero-order valence-electron chi connectivity index (χ0n) is 13.1. The molecule has 1 aromatic rings. The van der Waals surface area contributed by atoms with Crippen LogP contribution in [0.15, 0.2) is 18.2 Å². The molecule has 7 nitrogen and oxygen atoms in total. The molecule has 0 bridgehead atoms. The highest BCUT2D eigenvalue weighted by atomic mass is 32.2. The van der Waals surface area contributed by atoms with Gasteiger partial charge < -0.3 is 4.90 Å². The zero-order valence-corrected chi connectivity index (χ0v) is 13.9. The molecule has 1 aliphatic heterocycles. The van der Waals surface area contributed by atoms with Crippen molar-refractivity contribution in [3.05, 3.63) is 34.1 Å². The molecule has 1 saturated heterocycles. The van der Waals surface area contributed by atoms with Gasteiger partial charge in [0.25, 0.3) is 5.69 Å². The molecule has 23 heavy (non-hydrogen) atoms. The molecule has 1 fully saturated rings. The average Bonchev–Trinajstić information content (AvgIpc) is 2.47. The highest BCUT2D eigenvalue weighted by Gasteiger charge is 2.30. The number of rotatable bonds is 5. The van der Waals surface area contributed by atoms with Crippen LogP contribution in [0.1, 0.15) is 19.8 Å². The van der Waals surface area contributed by atoms with Crippen molar-refractivity contribution in [3.8, 4) is 0 Å². The summed E-state index contributed by atoms with van der Waals surface area (Å²) in [5.41, 5.74) is 0.0341. The minimum Gasteiger partial charge on any atom is -0.369 e. The van der Waals surface area contributed by atoms with E-state index < -0.39 is 20.8 Å². The van der Waals surface area contributed by atoms with Gasteiger partial charge in [0.2, 0.25) is 10.0 Å². The van der Waals surface area contributed by atoms with Gasteiger partial charge in [-0.15, -0.1) is 0 Å². The van der Waals surface area contributed by atoms with Gasteiger partial charge in [-0.3, -0.25) is 10.1 Å². The third-order valence-electron chi connectivity index (χ3n) is 4.09. The molecule has 0 atom stereocenters. The number of sulfonamides is 1. The molecular weight excluding hydrogens is 325 g/mol. The van der Waals surface area contributed by atoms with E-state index in [1.54, 1.807) is 11.8 Å². The Labute approximate surface area is 134 Å². The van der Waals surface area contributed by atoms with E-state index >= 15 is 0 Å². The molecular formula is C14H20FN3O4S. The van der Waals surface area contributed by atoms with Gasteiger partial charge in [-0.2, -0.15) is 4.31 Å². The van der Waals surface area contributed by atoms with Crippen LogP contribution in [-0.4, -0.2) is 49.6 Å². The molecule has 1 aromatic carbocycles. The normalized spacial score (nSPS) is 16.8. The summed E-state index contributed by atoms with van der Waals surface area (Å²) >= 11 is 0. The Bertz CT molecular complexity index is 687. The Balaban J connectivity index is 2.09. The maximum Gasteiger partial charge on any atom is 0.272 e. The van der Waals surface area contributed by atoms with Crippen molar-refractivity contribution in [1.82, 2.24) is 4.31 Å². The van der Waals surface area contributed by atoms with Gasteiger partial charge >= 0.3 is 0 Å². The highest BCUT2D eigenvalue weighted by molar-refractivity contribution is 7.88. The lowest BCUT2D eigenvalue weighted by Gasteiger charge is -2.38. The summed E-state index contributed by atoms with van der Waals surface area (Å²) in [4.78, 5) is 11.8. The largest absolute Gasteiger partial charge is 0.369 e. The van der Waals surface area contributed by atoms with Crippen LogP contribution in [-0.2, 0) is 10.0 Å². The van der Waals surface area contributed by atoms with Crippen molar-refractivity contribution in [2.75, 3.05) is 30.8 Å². The first kappa shape index (κ1) is 17.6. The maximum atomic E-state index is 14.1. The van der Waals surface area contributed by atoms with E-state index in [9.17, 15) is 22.9 Å². The third-order valence-corrected chi connectivity index (χ3v) is 5.50. The number of hydrogen-bond acceptors (Lipinski definition) is 5. The van der Waals surface area contributed by atoms with Crippen LogP contribution in [0.2, 0.25) is 0 Å². The molecule has 0 radical (unpaired) electrons. The molecule has 0 unspecified atom stereocenters. The first-order chi connectivity index (χ1) is 10.7. The van der Waals surface area contributed by atoms with Gasteiger partial charge in [0.1, 0.15) is 0 Å². The third kappa shape index (κ3) is 3.97. The summed E-state index contributed by atoms with van der Waals surface area (Å²) in [6.07, 6.45) is 2.38. The van der Waals surface area contributed by atoms with E-state index in [2.05, 4.69) is 0 Å². The quantitative estimate of drug-likeness (QED) is 0.602. The summed E-state index contributed by atoms with van der Waals surface area (Å²) in [6, 6.07) is 3.50. The molecule has 0 amide bonds. The van der Waals surface area contributed by atoms with E-state index in [1.165, 1.54) is 22.7 Å². The van der Waals surface area contributed by atoms with E-state index in [0.29, 0.717) is 38.2 Å². The molecule has 9 heteroatoms. The molecule has 1 aliphatic rings. The molecule has 0 aromatic heterocycles. The Hall–Kier alpha value is -1.74. The van der Waals surface area contributed by atoms with Crippen molar-refractivity contribution in [2.45, 2.75) is 25.8 Å². The SMILES string of the molecule is CCN(C1CCN(c2ccc([N+](=O)[O-])cc2F)CC1)S(C)(=O)=O. The number of non-ortho nitro benzene ring substituents is 1. The monoisotopic (exact) mass is 345 g/mol. The standard InChI is InChI=1S/C14H20FN3O4S/c1-3-17(23(2,21)22)11-6-8-16(9-7-11)14-5-4-12(18(19)20)10-13(14)15/h4-5,10-11H,3,6-9H2,1-2H3. The minimum atomic E-state index is -3.25. The van der Waals surface area contributed by atoms with Crippen LogP contribution < -0.4 is 4.90 Å². The number of benzene rings is 1. The number of hydrogen-bond donors (Lipinski definition) is 0. The van der Waals surface area contributed by atoms with E-state index in [4.69, 9.17) is 0 Å². The second-order valence-corrected chi connectivity index (χ2v) is 7.51. The topological polar surface area (TPSA) is 83.8 Å². The predicted molar refractivity (Wildman–Crippen MR) is 85.5 cm³/mol. The van der Waals surface area contributed by atoms with Crippen LogP contribution in [0.5, 0.6) is 0 Å². The summed E-state index contributed by atoms with van der Waals surface area (Å²) < 4.78 is 39.0. The van der Waals surface area contributed by atoms with Gasteiger partial charge in [-0.05, 0) is 18.9 Å². The number of nitrogens with zero attached hydrogens (tertiary/aromatic N) is 3. The van der Waals surface area contributed by atoms with Crippen LogP contribution >= 0.6 is 0 Å². The van der Waals surface area contributed by atoms with Gasteiger partial charge in [-0.1, -0.05) is 6.92 Å². The highest BCUT2D eigenvalue weighted by Crippen LogP contribution is 2.28. The fourth-order valence-corrected chi connectivity index (χ4v) is 4.25. The van der Waals surface area contributed by atoms with Crippen molar-refractivity contribution >= 4 is 21.4 Å². The van der Waals surface area contributed by atoms with Crippen LogP contribution in [0, 0.1) is 15.9 Å². The smallest absolute Gasteiger partial charge is 0.272 e. The molecule has 128 valence electrons. The predicted octanol–water partition coefficient (Wildman–Crippen LogP) is 1.98. The number of piperidine rings is 1. The summed E-state index contributed by atoms with van der Waals surface area (Å²) in [7, 11) is -3.25. The lowest BCUT2D eigenvalue weighted by molar-refractivity contribution is -0.385. The second kappa shape index (κ2) is 6.79. The van der Waals surface area contributed by atoms with Gasteiger partial charge in [-0.25, -0.2) is 12.8 Å². The molecule has 0 N–H and O–H groups in total. The average molecular weight is 345 g/mol. The number of nitro benzene ring substituents is 1. The lowest BCUT2D eigenvalue weighted by Crippen LogP contribution is -2.47. The molecule has 1 heterocycles. The number of nitro groups is 1. The van der Waals surface area contributed by atoms with Crippen molar-refractivity contribution in [3.63, 3.8) is 0 Å². The van der Waals surface area contributed by atoms with E-state index in [-0.39, 0.29) is 11.7 Å².